The van der Waals surface area contributed by atoms with Gasteiger partial charge in [0.2, 0.25) is 5.72 Å². The molecule has 0 saturated heterocycles. The quantitative estimate of drug-likeness (QED) is 0.460. The maximum atomic E-state index is 6.77. The number of likely N-dealkylation sites (N-methyl/N-ethyl adjacent to an activating group) is 1. The normalized spacial score (nSPS) is 22.0. The first-order valence-electron chi connectivity index (χ1n) is 8.84. The Morgan fingerprint density at radius 3 is 2.74 bits per heavy atom. The number of fused-ring (bicyclic) bond motifs is 4. The van der Waals surface area contributed by atoms with Gasteiger partial charge < -0.3 is 9.64 Å². The first-order valence-corrected chi connectivity index (χ1v) is 9.60. The summed E-state index contributed by atoms with van der Waals surface area (Å²) in [7, 11) is 2.06. The van der Waals surface area contributed by atoms with E-state index in [2.05, 4.69) is 49.0 Å². The summed E-state index contributed by atoms with van der Waals surface area (Å²) in [4.78, 5) is 6.74. The van der Waals surface area contributed by atoms with E-state index in [1.165, 1.54) is 0 Å². The van der Waals surface area contributed by atoms with Crippen molar-refractivity contribution in [3.05, 3.63) is 69.8 Å². The molecule has 0 fully saturated rings. The largest absolute Gasteiger partial charge is 0.460 e. The second kappa shape index (κ2) is 5.40. The van der Waals surface area contributed by atoms with Crippen molar-refractivity contribution in [3.8, 4) is 5.75 Å². The molecular weight excluding hydrogens is 379 g/mol. The number of pyridine rings is 1. The van der Waals surface area contributed by atoms with Crippen LogP contribution in [0.5, 0.6) is 5.75 Å². The van der Waals surface area contributed by atoms with Crippen molar-refractivity contribution < 1.29 is 4.74 Å². The third-order valence-corrected chi connectivity index (χ3v) is 6.51. The molecule has 27 heavy (non-hydrogen) atoms. The molecule has 1 atom stereocenters. The van der Waals surface area contributed by atoms with E-state index in [9.17, 15) is 0 Å². The number of nitrogens with zero attached hydrogens (tertiary/aromatic N) is 2. The number of aromatic nitrogens is 1. The number of rotatable bonds is 0. The van der Waals surface area contributed by atoms with Crippen molar-refractivity contribution in [1.29, 1.82) is 0 Å². The van der Waals surface area contributed by atoms with E-state index in [1.807, 2.05) is 30.3 Å². The lowest BCUT2D eigenvalue weighted by molar-refractivity contribution is 0.0596. The molecule has 2 aliphatic rings. The molecule has 136 valence electrons. The van der Waals surface area contributed by atoms with Gasteiger partial charge in [0, 0.05) is 34.9 Å². The highest BCUT2D eigenvalue weighted by Crippen LogP contribution is 2.55. The van der Waals surface area contributed by atoms with Gasteiger partial charge in [-0.1, -0.05) is 23.2 Å². The summed E-state index contributed by atoms with van der Waals surface area (Å²) < 4.78 is 6.77. The second-order valence-electron chi connectivity index (χ2n) is 7.65. The maximum Gasteiger partial charge on any atom is 0.211 e. The molecule has 0 bridgehead atoms. The molecular formula is C22H18Cl2N2O. The van der Waals surface area contributed by atoms with Crippen LogP contribution < -0.4 is 9.64 Å². The summed E-state index contributed by atoms with van der Waals surface area (Å²) in [6.45, 7) is 4.37. The van der Waals surface area contributed by atoms with Gasteiger partial charge in [0.05, 0.1) is 10.4 Å². The van der Waals surface area contributed by atoms with Crippen LogP contribution in [0.15, 0.2) is 48.7 Å². The molecule has 2 aromatic carbocycles. The standard InChI is InChI=1S/C22H18Cl2N2O/c1-21(2)16-12-14(23)6-7-18(16)26(3)22(21)9-8-13-11-17(24)15-5-4-10-25-19(15)20(13)27-22/h4-12H,1-3H3. The number of anilines is 1. The van der Waals surface area contributed by atoms with E-state index in [0.717, 1.165) is 38.5 Å². The molecule has 3 heterocycles. The molecule has 1 unspecified atom stereocenters. The molecule has 0 radical (unpaired) electrons. The highest BCUT2D eigenvalue weighted by atomic mass is 35.5. The van der Waals surface area contributed by atoms with Crippen molar-refractivity contribution >= 4 is 45.9 Å². The highest BCUT2D eigenvalue weighted by Gasteiger charge is 2.57. The fourth-order valence-corrected chi connectivity index (χ4v) is 4.87. The molecule has 5 rings (SSSR count). The summed E-state index contributed by atoms with van der Waals surface area (Å²) in [5, 5.41) is 2.30. The number of benzene rings is 2. The Morgan fingerprint density at radius 1 is 1.11 bits per heavy atom. The zero-order chi connectivity index (χ0) is 19.0. The molecule has 3 nitrogen and oxygen atoms in total. The zero-order valence-corrected chi connectivity index (χ0v) is 16.8. The fourth-order valence-electron chi connectivity index (χ4n) is 4.43. The van der Waals surface area contributed by atoms with Crippen LogP contribution in [0.4, 0.5) is 5.69 Å². The van der Waals surface area contributed by atoms with Gasteiger partial charge in [-0.05, 0) is 68.0 Å². The molecule has 0 aliphatic carbocycles. The Labute approximate surface area is 168 Å². The van der Waals surface area contributed by atoms with Crippen LogP contribution in [0.3, 0.4) is 0 Å². The highest BCUT2D eigenvalue weighted by molar-refractivity contribution is 6.36. The average Bonchev–Trinajstić information content (AvgIpc) is 2.81. The molecule has 0 amide bonds. The van der Waals surface area contributed by atoms with Crippen LogP contribution in [-0.2, 0) is 5.41 Å². The van der Waals surface area contributed by atoms with Gasteiger partial charge in [-0.2, -0.15) is 0 Å². The molecule has 1 spiro atoms. The summed E-state index contributed by atoms with van der Waals surface area (Å²) >= 11 is 12.8. The molecule has 3 aromatic rings. The summed E-state index contributed by atoms with van der Waals surface area (Å²) in [5.41, 5.74) is 3.00. The van der Waals surface area contributed by atoms with Crippen LogP contribution in [0.2, 0.25) is 10.0 Å². The smallest absolute Gasteiger partial charge is 0.211 e. The predicted octanol–water partition coefficient (Wildman–Crippen LogP) is 6.07. The van der Waals surface area contributed by atoms with Gasteiger partial charge in [-0.15, -0.1) is 0 Å². The zero-order valence-electron chi connectivity index (χ0n) is 15.3. The Hall–Kier alpha value is -2.23. The van der Waals surface area contributed by atoms with Crippen molar-refractivity contribution in [1.82, 2.24) is 4.98 Å². The van der Waals surface area contributed by atoms with Crippen molar-refractivity contribution in [3.63, 3.8) is 0 Å². The van der Waals surface area contributed by atoms with Gasteiger partial charge in [-0.3, -0.25) is 4.98 Å². The number of hydrogen-bond donors (Lipinski definition) is 0. The Morgan fingerprint density at radius 2 is 1.93 bits per heavy atom. The van der Waals surface area contributed by atoms with Crippen LogP contribution in [-0.4, -0.2) is 17.8 Å². The van der Waals surface area contributed by atoms with E-state index < -0.39 is 5.72 Å². The van der Waals surface area contributed by atoms with Gasteiger partial charge in [0.1, 0.15) is 5.52 Å². The monoisotopic (exact) mass is 396 g/mol. The van der Waals surface area contributed by atoms with Crippen molar-refractivity contribution in [2.24, 2.45) is 0 Å². The summed E-state index contributed by atoms with van der Waals surface area (Å²) in [5.74, 6) is 0.760. The van der Waals surface area contributed by atoms with Gasteiger partial charge in [-0.25, -0.2) is 0 Å². The number of hydrogen-bond acceptors (Lipinski definition) is 3. The van der Waals surface area contributed by atoms with Gasteiger partial charge >= 0.3 is 0 Å². The minimum atomic E-state index is -0.675. The van der Waals surface area contributed by atoms with Crippen LogP contribution in [0.1, 0.15) is 25.0 Å². The van der Waals surface area contributed by atoms with Crippen LogP contribution in [0, 0.1) is 0 Å². The van der Waals surface area contributed by atoms with E-state index in [4.69, 9.17) is 27.9 Å². The topological polar surface area (TPSA) is 25.4 Å². The minimum absolute atomic E-state index is 0.323. The van der Waals surface area contributed by atoms with Crippen molar-refractivity contribution in [2.45, 2.75) is 25.0 Å². The summed E-state index contributed by atoms with van der Waals surface area (Å²) in [6.07, 6.45) is 5.98. The Bertz CT molecular complexity index is 1140. The van der Waals surface area contributed by atoms with E-state index >= 15 is 0 Å². The molecule has 1 aromatic heterocycles. The third kappa shape index (κ3) is 2.07. The molecule has 0 saturated carbocycles. The SMILES string of the molecule is CN1c2ccc(Cl)cc2C(C)(C)C12C=Cc1cc(Cl)c3cccnc3c1O2. The first-order chi connectivity index (χ1) is 12.8. The van der Waals surface area contributed by atoms with Crippen molar-refractivity contribution in [2.75, 3.05) is 11.9 Å². The third-order valence-electron chi connectivity index (χ3n) is 5.96. The Balaban J connectivity index is 1.76. The van der Waals surface area contributed by atoms with Crippen LogP contribution >= 0.6 is 23.2 Å². The molecule has 5 heteroatoms. The molecule has 2 aliphatic heterocycles. The van der Waals surface area contributed by atoms with E-state index in [-0.39, 0.29) is 5.41 Å². The lowest BCUT2D eigenvalue weighted by atomic mass is 9.76. The fraction of sp³-hybridized carbons (Fsp3) is 0.227. The Kier molecular flexibility index (Phi) is 3.38. The van der Waals surface area contributed by atoms with Gasteiger partial charge in [0.15, 0.2) is 5.75 Å². The average molecular weight is 397 g/mol. The lowest BCUT2D eigenvalue weighted by Gasteiger charge is -2.45. The van der Waals surface area contributed by atoms with E-state index in [0.29, 0.717) is 5.02 Å². The number of halogens is 2. The summed E-state index contributed by atoms with van der Waals surface area (Å²) in [6, 6.07) is 11.8. The van der Waals surface area contributed by atoms with Crippen LogP contribution in [0.25, 0.3) is 17.0 Å². The van der Waals surface area contributed by atoms with E-state index in [1.54, 1.807) is 6.20 Å². The van der Waals surface area contributed by atoms with Gasteiger partial charge in [0.25, 0.3) is 0 Å². The lowest BCUT2D eigenvalue weighted by Crippen LogP contribution is -2.58. The predicted molar refractivity (Wildman–Crippen MR) is 112 cm³/mol. The second-order valence-corrected chi connectivity index (χ2v) is 8.50. The number of ether oxygens (including phenoxy) is 1. The first kappa shape index (κ1) is 16.9. The molecule has 0 N–H and O–H groups in total. The minimum Gasteiger partial charge on any atom is -0.460 e. The maximum absolute atomic E-state index is 6.77.